The number of rotatable bonds is 2. The maximum absolute atomic E-state index is 4.57. The highest BCUT2D eigenvalue weighted by Crippen LogP contribution is 2.28. The Morgan fingerprint density at radius 1 is 1.21 bits per heavy atom. The average molecular weight is 269 g/mol. The van der Waals surface area contributed by atoms with Gasteiger partial charge in [0.15, 0.2) is 5.17 Å². The summed E-state index contributed by atoms with van der Waals surface area (Å²) in [4.78, 5) is 8.97. The first-order valence-electron chi connectivity index (χ1n) is 6.38. The molecule has 4 heteroatoms. The molecule has 1 aliphatic rings. The van der Waals surface area contributed by atoms with Crippen molar-refractivity contribution in [3.8, 4) is 0 Å². The SMILES string of the molecule is CCc1ccccc1NC1=NCc2cccnc2S1. The van der Waals surface area contributed by atoms with Crippen molar-refractivity contribution >= 4 is 22.6 Å². The van der Waals surface area contributed by atoms with Crippen molar-refractivity contribution < 1.29 is 0 Å². The fourth-order valence-corrected chi connectivity index (χ4v) is 2.90. The third-order valence-corrected chi connectivity index (χ3v) is 4.06. The summed E-state index contributed by atoms with van der Waals surface area (Å²) in [6.45, 7) is 2.86. The van der Waals surface area contributed by atoms with Crippen molar-refractivity contribution in [3.05, 3.63) is 53.7 Å². The monoisotopic (exact) mass is 269 g/mol. The minimum atomic E-state index is 0.701. The molecule has 1 aromatic heterocycles. The zero-order valence-corrected chi connectivity index (χ0v) is 11.6. The van der Waals surface area contributed by atoms with Crippen molar-refractivity contribution in [1.29, 1.82) is 0 Å². The predicted octanol–water partition coefficient (Wildman–Crippen LogP) is 3.72. The molecule has 0 aliphatic carbocycles. The standard InChI is InChI=1S/C15H15N3S/c1-2-11-6-3-4-8-13(11)18-15-17-10-12-7-5-9-16-14(12)19-15/h3-9H,2,10H2,1H3,(H,17,18). The molecule has 3 nitrogen and oxygen atoms in total. The molecule has 0 saturated carbocycles. The van der Waals surface area contributed by atoms with Crippen LogP contribution in [0.4, 0.5) is 5.69 Å². The Kier molecular flexibility index (Phi) is 3.51. The number of nitrogens with one attached hydrogen (secondary N) is 1. The third kappa shape index (κ3) is 2.63. The van der Waals surface area contributed by atoms with E-state index in [9.17, 15) is 0 Å². The lowest BCUT2D eigenvalue weighted by atomic mass is 10.1. The Balaban J connectivity index is 1.80. The van der Waals surface area contributed by atoms with E-state index in [-0.39, 0.29) is 0 Å². The molecule has 0 bridgehead atoms. The molecule has 0 fully saturated rings. The highest BCUT2D eigenvalue weighted by Gasteiger charge is 2.14. The number of anilines is 1. The molecule has 19 heavy (non-hydrogen) atoms. The number of para-hydroxylation sites is 1. The van der Waals surface area contributed by atoms with E-state index in [0.717, 1.165) is 22.3 Å². The topological polar surface area (TPSA) is 37.3 Å². The summed E-state index contributed by atoms with van der Waals surface area (Å²) >= 11 is 1.60. The zero-order chi connectivity index (χ0) is 13.1. The van der Waals surface area contributed by atoms with Crippen LogP contribution in [0.1, 0.15) is 18.1 Å². The van der Waals surface area contributed by atoms with Gasteiger partial charge in [0, 0.05) is 17.4 Å². The van der Waals surface area contributed by atoms with Crippen LogP contribution in [-0.2, 0) is 13.0 Å². The fraction of sp³-hybridized carbons (Fsp3) is 0.200. The number of fused-ring (bicyclic) bond motifs is 1. The summed E-state index contributed by atoms with van der Waals surface area (Å²) in [5.74, 6) is 0. The van der Waals surface area contributed by atoms with Gasteiger partial charge in [-0.1, -0.05) is 31.2 Å². The minimum Gasteiger partial charge on any atom is -0.334 e. The molecular formula is C15H15N3S. The van der Waals surface area contributed by atoms with E-state index in [1.807, 2.05) is 18.3 Å². The van der Waals surface area contributed by atoms with E-state index in [0.29, 0.717) is 6.54 Å². The molecule has 0 radical (unpaired) electrons. The quantitative estimate of drug-likeness (QED) is 0.903. The second-order valence-electron chi connectivity index (χ2n) is 4.33. The molecule has 2 aromatic rings. The smallest absolute Gasteiger partial charge is 0.167 e. The first kappa shape index (κ1) is 12.2. The van der Waals surface area contributed by atoms with Crippen LogP contribution in [0.2, 0.25) is 0 Å². The number of aryl methyl sites for hydroxylation is 1. The largest absolute Gasteiger partial charge is 0.334 e. The van der Waals surface area contributed by atoms with Crippen molar-refractivity contribution in [1.82, 2.24) is 4.98 Å². The van der Waals surface area contributed by atoms with Gasteiger partial charge in [0.2, 0.25) is 0 Å². The number of pyridine rings is 1. The molecule has 2 heterocycles. The van der Waals surface area contributed by atoms with Gasteiger partial charge < -0.3 is 5.32 Å². The number of nitrogens with zero attached hydrogens (tertiary/aromatic N) is 2. The molecule has 0 unspecified atom stereocenters. The van der Waals surface area contributed by atoms with Gasteiger partial charge in [-0.05, 0) is 35.9 Å². The molecule has 0 atom stereocenters. The Labute approximate surface area is 117 Å². The molecule has 96 valence electrons. The molecule has 1 N–H and O–H groups in total. The van der Waals surface area contributed by atoms with Gasteiger partial charge in [-0.2, -0.15) is 0 Å². The summed E-state index contributed by atoms with van der Waals surface area (Å²) < 4.78 is 0. The van der Waals surface area contributed by atoms with E-state index >= 15 is 0 Å². The first-order chi connectivity index (χ1) is 9.36. The predicted molar refractivity (Wildman–Crippen MR) is 80.7 cm³/mol. The van der Waals surface area contributed by atoms with Crippen molar-refractivity contribution in [2.24, 2.45) is 4.99 Å². The third-order valence-electron chi connectivity index (χ3n) is 3.08. The number of thioether (sulfide) groups is 1. The highest BCUT2D eigenvalue weighted by atomic mass is 32.2. The van der Waals surface area contributed by atoms with Crippen LogP contribution in [0.3, 0.4) is 0 Å². The van der Waals surface area contributed by atoms with Crippen LogP contribution in [-0.4, -0.2) is 10.2 Å². The van der Waals surface area contributed by atoms with E-state index in [4.69, 9.17) is 0 Å². The van der Waals surface area contributed by atoms with E-state index in [1.54, 1.807) is 11.8 Å². The zero-order valence-electron chi connectivity index (χ0n) is 10.8. The first-order valence-corrected chi connectivity index (χ1v) is 7.19. The Morgan fingerprint density at radius 2 is 2.11 bits per heavy atom. The normalized spacial score (nSPS) is 13.6. The van der Waals surface area contributed by atoms with Crippen molar-refractivity contribution in [2.45, 2.75) is 24.9 Å². The van der Waals surface area contributed by atoms with E-state index in [1.165, 1.54) is 11.1 Å². The molecule has 0 saturated heterocycles. The van der Waals surface area contributed by atoms with Gasteiger partial charge in [-0.3, -0.25) is 4.99 Å². The van der Waals surface area contributed by atoms with Crippen LogP contribution in [0, 0.1) is 0 Å². The second kappa shape index (κ2) is 5.45. The lowest BCUT2D eigenvalue weighted by Crippen LogP contribution is -2.13. The number of hydrogen-bond acceptors (Lipinski definition) is 4. The van der Waals surface area contributed by atoms with Gasteiger partial charge in [-0.25, -0.2) is 4.98 Å². The van der Waals surface area contributed by atoms with Crippen molar-refractivity contribution in [3.63, 3.8) is 0 Å². The Bertz CT molecular complexity index is 622. The molecular weight excluding hydrogens is 254 g/mol. The second-order valence-corrected chi connectivity index (χ2v) is 5.30. The minimum absolute atomic E-state index is 0.701. The molecule has 1 aliphatic heterocycles. The lowest BCUT2D eigenvalue weighted by Gasteiger charge is -2.17. The van der Waals surface area contributed by atoms with Gasteiger partial charge in [-0.15, -0.1) is 0 Å². The van der Waals surface area contributed by atoms with Crippen LogP contribution >= 0.6 is 11.8 Å². The summed E-state index contributed by atoms with van der Waals surface area (Å²) in [6, 6.07) is 12.4. The number of aliphatic imine (C=N–C) groups is 1. The number of amidine groups is 1. The van der Waals surface area contributed by atoms with Crippen molar-refractivity contribution in [2.75, 3.05) is 5.32 Å². The van der Waals surface area contributed by atoms with Gasteiger partial charge >= 0.3 is 0 Å². The van der Waals surface area contributed by atoms with Crippen LogP contribution < -0.4 is 5.32 Å². The van der Waals surface area contributed by atoms with Crippen LogP contribution in [0.25, 0.3) is 0 Å². The number of hydrogen-bond donors (Lipinski definition) is 1. The van der Waals surface area contributed by atoms with E-state index in [2.05, 4.69) is 46.5 Å². The average Bonchev–Trinajstić information content (AvgIpc) is 2.48. The summed E-state index contributed by atoms with van der Waals surface area (Å²) in [5, 5.41) is 5.39. The molecule has 3 rings (SSSR count). The molecule has 1 aromatic carbocycles. The van der Waals surface area contributed by atoms with E-state index < -0.39 is 0 Å². The lowest BCUT2D eigenvalue weighted by molar-refractivity contribution is 0.957. The fourth-order valence-electron chi connectivity index (χ4n) is 2.05. The molecule has 0 amide bonds. The summed E-state index contributed by atoms with van der Waals surface area (Å²) in [6.07, 6.45) is 2.84. The summed E-state index contributed by atoms with van der Waals surface area (Å²) in [5.41, 5.74) is 3.63. The maximum Gasteiger partial charge on any atom is 0.167 e. The van der Waals surface area contributed by atoms with Crippen LogP contribution in [0.5, 0.6) is 0 Å². The maximum atomic E-state index is 4.57. The number of aromatic nitrogens is 1. The summed E-state index contributed by atoms with van der Waals surface area (Å²) in [7, 11) is 0. The number of benzene rings is 1. The molecule has 0 spiro atoms. The van der Waals surface area contributed by atoms with Gasteiger partial charge in [0.05, 0.1) is 6.54 Å². The van der Waals surface area contributed by atoms with Crippen LogP contribution in [0.15, 0.2) is 52.6 Å². The van der Waals surface area contributed by atoms with Gasteiger partial charge in [0.25, 0.3) is 0 Å². The van der Waals surface area contributed by atoms with Gasteiger partial charge in [0.1, 0.15) is 5.03 Å². The Hall–Kier alpha value is -1.81. The highest BCUT2D eigenvalue weighted by molar-refractivity contribution is 8.14. The Morgan fingerprint density at radius 3 is 3.00 bits per heavy atom.